The third kappa shape index (κ3) is 4.61. The molecule has 0 radical (unpaired) electrons. The fourth-order valence-corrected chi connectivity index (χ4v) is 4.80. The van der Waals surface area contributed by atoms with Gasteiger partial charge in [0, 0.05) is 0 Å². The van der Waals surface area contributed by atoms with Crippen LogP contribution in [0.25, 0.3) is 16.6 Å². The Bertz CT molecular complexity index is 1310. The summed E-state index contributed by atoms with van der Waals surface area (Å²) >= 11 is 1.11. The molecule has 3 aromatic rings. The molecule has 1 aliphatic rings. The fourth-order valence-electron chi connectivity index (χ4n) is 3.99. The van der Waals surface area contributed by atoms with Crippen LogP contribution in [0, 0.1) is 11.3 Å². The Labute approximate surface area is 194 Å². The summed E-state index contributed by atoms with van der Waals surface area (Å²) in [5.41, 5.74) is 0.0988. The second-order valence-corrected chi connectivity index (χ2v) is 8.77. The van der Waals surface area contributed by atoms with Crippen molar-refractivity contribution in [3.05, 3.63) is 64.4 Å². The maximum atomic E-state index is 13.4. The molecule has 1 aliphatic carbocycles. The summed E-state index contributed by atoms with van der Waals surface area (Å²) < 4.78 is 6.22. The van der Waals surface area contributed by atoms with Crippen LogP contribution >= 0.6 is 11.8 Å². The number of nitriles is 1. The zero-order chi connectivity index (χ0) is 23.4. The van der Waals surface area contributed by atoms with Crippen LogP contribution in [0.5, 0.6) is 0 Å². The quantitative estimate of drug-likeness (QED) is 0.340. The summed E-state index contributed by atoms with van der Waals surface area (Å²) in [5.74, 6) is -0.830. The third-order valence-corrected chi connectivity index (χ3v) is 6.59. The van der Waals surface area contributed by atoms with E-state index in [9.17, 15) is 19.6 Å². The Kier molecular flexibility index (Phi) is 6.47. The number of hydrogen-bond donors (Lipinski definition) is 1. The van der Waals surface area contributed by atoms with Crippen molar-refractivity contribution in [2.75, 3.05) is 12.9 Å². The molecule has 0 aliphatic heterocycles. The average molecular weight is 463 g/mol. The lowest BCUT2D eigenvalue weighted by atomic mass is 10.0. The normalized spacial score (nSPS) is 14.5. The number of esters is 1. The first-order valence-corrected chi connectivity index (χ1v) is 11.5. The van der Waals surface area contributed by atoms with Gasteiger partial charge in [-0.25, -0.2) is 9.78 Å². The van der Waals surface area contributed by atoms with Crippen LogP contribution in [0.3, 0.4) is 0 Å². The minimum absolute atomic E-state index is 0.00903. The number of nitrogens with one attached hydrogen (secondary N) is 1. The first kappa shape index (κ1) is 22.6. The molecule has 1 heterocycles. The van der Waals surface area contributed by atoms with Gasteiger partial charge in [0.25, 0.3) is 5.56 Å². The number of carbonyl (C=O) groups excluding carboxylic acids is 2. The molecule has 0 unspecified atom stereocenters. The monoisotopic (exact) mass is 462 g/mol. The first-order valence-electron chi connectivity index (χ1n) is 10.5. The van der Waals surface area contributed by atoms with Crippen molar-refractivity contribution in [1.82, 2.24) is 14.9 Å². The molecular weight excluding hydrogens is 440 g/mol. The van der Waals surface area contributed by atoms with Gasteiger partial charge in [-0.3, -0.25) is 14.2 Å². The first-order chi connectivity index (χ1) is 16.0. The number of fused-ring (bicyclic) bond motifs is 1. The number of benzene rings is 2. The highest BCUT2D eigenvalue weighted by Crippen LogP contribution is 2.29. The van der Waals surface area contributed by atoms with Gasteiger partial charge < -0.3 is 10.1 Å². The van der Waals surface area contributed by atoms with Gasteiger partial charge >= 0.3 is 5.97 Å². The van der Waals surface area contributed by atoms with Crippen LogP contribution in [-0.4, -0.2) is 39.8 Å². The molecule has 1 aromatic heterocycles. The van der Waals surface area contributed by atoms with Gasteiger partial charge in [0.2, 0.25) is 5.91 Å². The van der Waals surface area contributed by atoms with Crippen molar-refractivity contribution >= 4 is 34.5 Å². The predicted octanol–water partition coefficient (Wildman–Crippen LogP) is 3.22. The van der Waals surface area contributed by atoms with E-state index in [4.69, 9.17) is 4.74 Å². The smallest absolute Gasteiger partial charge is 0.337 e. The Morgan fingerprint density at radius 2 is 1.94 bits per heavy atom. The zero-order valence-electron chi connectivity index (χ0n) is 18.0. The van der Waals surface area contributed by atoms with Crippen molar-refractivity contribution in [3.8, 4) is 11.8 Å². The van der Waals surface area contributed by atoms with E-state index in [-0.39, 0.29) is 22.8 Å². The Balaban J connectivity index is 1.71. The lowest BCUT2D eigenvalue weighted by Gasteiger charge is -2.22. The molecule has 1 amide bonds. The van der Waals surface area contributed by atoms with Gasteiger partial charge in [0.05, 0.1) is 41.1 Å². The second kappa shape index (κ2) is 9.46. The summed E-state index contributed by atoms with van der Waals surface area (Å²) in [6.45, 7) is 0. The van der Waals surface area contributed by atoms with Gasteiger partial charge in [-0.2, -0.15) is 5.26 Å². The Hall–Kier alpha value is -3.64. The maximum Gasteiger partial charge on any atom is 0.337 e. The van der Waals surface area contributed by atoms with Gasteiger partial charge in [-0.15, -0.1) is 0 Å². The number of methoxy groups -OCH3 is 1. The van der Waals surface area contributed by atoms with Gasteiger partial charge in [0.1, 0.15) is 5.54 Å². The van der Waals surface area contributed by atoms with Crippen LogP contribution in [0.15, 0.2) is 58.5 Å². The van der Waals surface area contributed by atoms with Crippen LogP contribution in [0.1, 0.15) is 36.0 Å². The third-order valence-electron chi connectivity index (χ3n) is 5.66. The predicted molar refractivity (Wildman–Crippen MR) is 124 cm³/mol. The molecule has 2 aromatic carbocycles. The Morgan fingerprint density at radius 3 is 2.61 bits per heavy atom. The zero-order valence-corrected chi connectivity index (χ0v) is 18.9. The molecule has 0 bridgehead atoms. The number of carbonyl (C=O) groups is 2. The molecule has 9 heteroatoms. The van der Waals surface area contributed by atoms with Crippen LogP contribution in [-0.2, 0) is 9.53 Å². The van der Waals surface area contributed by atoms with Gasteiger partial charge in [0.15, 0.2) is 5.16 Å². The Morgan fingerprint density at radius 1 is 1.21 bits per heavy atom. The molecule has 4 rings (SSSR count). The van der Waals surface area contributed by atoms with Crippen molar-refractivity contribution in [1.29, 1.82) is 5.26 Å². The molecule has 168 valence electrons. The fraction of sp³-hybridized carbons (Fsp3) is 0.292. The summed E-state index contributed by atoms with van der Waals surface area (Å²) in [7, 11) is 1.28. The van der Waals surface area contributed by atoms with E-state index in [1.165, 1.54) is 23.8 Å². The largest absolute Gasteiger partial charge is 0.465 e. The van der Waals surface area contributed by atoms with E-state index in [0.717, 1.165) is 24.6 Å². The standard InChI is InChI=1S/C24H22N4O4S/c1-32-22(31)16-9-10-18-19(13-16)26-23(28(21(18)30)17-7-3-2-4-8-17)33-14-20(29)27-24(15-25)11-5-6-12-24/h2-4,7-10,13H,5-6,11-12,14H2,1H3,(H,27,29). The lowest BCUT2D eigenvalue weighted by Crippen LogP contribution is -2.45. The number of para-hydroxylation sites is 1. The summed E-state index contributed by atoms with van der Waals surface area (Å²) in [6.07, 6.45) is 3.09. The lowest BCUT2D eigenvalue weighted by molar-refractivity contribution is -0.119. The number of rotatable bonds is 6. The molecule has 1 fully saturated rings. The van der Waals surface area contributed by atoms with E-state index in [2.05, 4.69) is 16.4 Å². The van der Waals surface area contributed by atoms with E-state index in [1.807, 2.05) is 18.2 Å². The minimum atomic E-state index is -0.816. The minimum Gasteiger partial charge on any atom is -0.465 e. The van der Waals surface area contributed by atoms with Crippen molar-refractivity contribution in [2.24, 2.45) is 0 Å². The molecule has 8 nitrogen and oxygen atoms in total. The number of thioether (sulfide) groups is 1. The molecule has 0 saturated heterocycles. The van der Waals surface area contributed by atoms with E-state index in [0.29, 0.717) is 34.6 Å². The summed E-state index contributed by atoms with van der Waals surface area (Å²) in [5, 5.41) is 13.0. The summed E-state index contributed by atoms with van der Waals surface area (Å²) in [4.78, 5) is 42.6. The molecule has 1 saturated carbocycles. The van der Waals surface area contributed by atoms with Gasteiger partial charge in [-0.05, 0) is 56.0 Å². The van der Waals surface area contributed by atoms with Crippen LogP contribution in [0.2, 0.25) is 0 Å². The molecule has 1 N–H and O–H groups in total. The highest BCUT2D eigenvalue weighted by atomic mass is 32.2. The topological polar surface area (TPSA) is 114 Å². The van der Waals surface area contributed by atoms with E-state index in [1.54, 1.807) is 18.2 Å². The number of nitrogens with zero attached hydrogens (tertiary/aromatic N) is 3. The average Bonchev–Trinajstić information content (AvgIpc) is 3.31. The maximum absolute atomic E-state index is 13.4. The molecule has 0 spiro atoms. The van der Waals surface area contributed by atoms with E-state index < -0.39 is 11.5 Å². The van der Waals surface area contributed by atoms with Crippen molar-refractivity contribution in [2.45, 2.75) is 36.4 Å². The SMILES string of the molecule is COC(=O)c1ccc2c(=O)n(-c3ccccc3)c(SCC(=O)NC3(C#N)CCCC3)nc2c1. The number of amides is 1. The second-order valence-electron chi connectivity index (χ2n) is 7.83. The summed E-state index contributed by atoms with van der Waals surface area (Å²) in [6, 6.07) is 15.8. The van der Waals surface area contributed by atoms with Crippen molar-refractivity contribution < 1.29 is 14.3 Å². The highest BCUT2D eigenvalue weighted by Gasteiger charge is 2.35. The number of hydrogen-bond acceptors (Lipinski definition) is 7. The van der Waals surface area contributed by atoms with Crippen molar-refractivity contribution in [3.63, 3.8) is 0 Å². The highest BCUT2D eigenvalue weighted by molar-refractivity contribution is 7.99. The van der Waals surface area contributed by atoms with Crippen LogP contribution in [0.4, 0.5) is 0 Å². The molecule has 33 heavy (non-hydrogen) atoms. The number of aromatic nitrogens is 2. The number of ether oxygens (including phenoxy) is 1. The van der Waals surface area contributed by atoms with Gasteiger partial charge in [-0.1, -0.05) is 30.0 Å². The molecular formula is C24H22N4O4S. The molecule has 0 atom stereocenters. The van der Waals surface area contributed by atoms with Crippen LogP contribution < -0.4 is 10.9 Å². The van der Waals surface area contributed by atoms with E-state index >= 15 is 0 Å².